The fourth-order valence-corrected chi connectivity index (χ4v) is 2.04. The fraction of sp³-hybridized carbons (Fsp3) is 0.583. The van der Waals surface area contributed by atoms with E-state index in [1.165, 1.54) is 0 Å². The number of fused-ring (bicyclic) bond motifs is 1. The molecule has 0 atom stereocenters. The highest BCUT2D eigenvalue weighted by Gasteiger charge is 2.20. The number of carbonyl (C=O) groups is 1. The molecular weight excluding hydrogens is 232 g/mol. The number of rotatable bonds is 3. The second kappa shape index (κ2) is 5.20. The molecule has 0 radical (unpaired) electrons. The molecule has 2 N–H and O–H groups in total. The van der Waals surface area contributed by atoms with Crippen LogP contribution >= 0.6 is 0 Å². The second-order valence-corrected chi connectivity index (χ2v) is 4.47. The van der Waals surface area contributed by atoms with Crippen LogP contribution < -0.4 is 10.9 Å². The van der Waals surface area contributed by atoms with Gasteiger partial charge in [-0.1, -0.05) is 0 Å². The van der Waals surface area contributed by atoms with Crippen molar-refractivity contribution in [3.05, 3.63) is 21.6 Å². The van der Waals surface area contributed by atoms with Crippen molar-refractivity contribution in [1.82, 2.24) is 15.1 Å². The Labute approximate surface area is 105 Å². The quantitative estimate of drug-likeness (QED) is 0.800. The van der Waals surface area contributed by atoms with Gasteiger partial charge in [0.15, 0.2) is 0 Å². The highest BCUT2D eigenvalue weighted by atomic mass is 16.2. The molecule has 1 amide bonds. The SMILES string of the molecule is CCN(C)C(=O)Cc1n[nH]c(=O)c2c1NCCC2. The van der Waals surface area contributed by atoms with Crippen LogP contribution in [0.2, 0.25) is 0 Å². The molecule has 18 heavy (non-hydrogen) atoms. The molecule has 0 bridgehead atoms. The van der Waals surface area contributed by atoms with E-state index in [0.717, 1.165) is 30.6 Å². The molecule has 2 rings (SSSR count). The van der Waals surface area contributed by atoms with Gasteiger partial charge in [-0.05, 0) is 19.8 Å². The van der Waals surface area contributed by atoms with E-state index in [1.807, 2.05) is 6.92 Å². The summed E-state index contributed by atoms with van der Waals surface area (Å²) in [4.78, 5) is 25.2. The van der Waals surface area contributed by atoms with E-state index < -0.39 is 0 Å². The Morgan fingerprint density at radius 3 is 3.00 bits per heavy atom. The molecule has 1 aliphatic heterocycles. The van der Waals surface area contributed by atoms with Gasteiger partial charge in [0.2, 0.25) is 5.91 Å². The Bertz CT molecular complexity index is 509. The van der Waals surface area contributed by atoms with Crippen molar-refractivity contribution in [2.45, 2.75) is 26.2 Å². The molecule has 0 fully saturated rings. The van der Waals surface area contributed by atoms with Crippen molar-refractivity contribution in [3.63, 3.8) is 0 Å². The summed E-state index contributed by atoms with van der Waals surface area (Å²) >= 11 is 0. The Morgan fingerprint density at radius 2 is 2.28 bits per heavy atom. The summed E-state index contributed by atoms with van der Waals surface area (Å²) in [6, 6.07) is 0. The summed E-state index contributed by atoms with van der Waals surface area (Å²) in [5.41, 5.74) is 1.95. The highest BCUT2D eigenvalue weighted by molar-refractivity contribution is 5.80. The van der Waals surface area contributed by atoms with Gasteiger partial charge in [-0.3, -0.25) is 9.59 Å². The molecule has 0 unspecified atom stereocenters. The Balaban J connectivity index is 2.29. The predicted molar refractivity (Wildman–Crippen MR) is 68.7 cm³/mol. The predicted octanol–water partition coefficient (Wildman–Crippen LogP) is 0.149. The fourth-order valence-electron chi connectivity index (χ4n) is 2.04. The Hall–Kier alpha value is -1.85. The first-order chi connectivity index (χ1) is 8.63. The number of aromatic amines is 1. The number of hydrogen-bond acceptors (Lipinski definition) is 4. The zero-order valence-electron chi connectivity index (χ0n) is 10.7. The van der Waals surface area contributed by atoms with Gasteiger partial charge < -0.3 is 10.2 Å². The largest absolute Gasteiger partial charge is 0.383 e. The van der Waals surface area contributed by atoms with Crippen LogP contribution in [-0.2, 0) is 17.6 Å². The normalized spacial score (nSPS) is 13.7. The minimum Gasteiger partial charge on any atom is -0.383 e. The van der Waals surface area contributed by atoms with Crippen molar-refractivity contribution in [1.29, 1.82) is 0 Å². The molecule has 2 heterocycles. The van der Waals surface area contributed by atoms with Crippen LogP contribution in [0.15, 0.2) is 4.79 Å². The third-order valence-electron chi connectivity index (χ3n) is 3.28. The van der Waals surface area contributed by atoms with Gasteiger partial charge in [0, 0.05) is 25.7 Å². The van der Waals surface area contributed by atoms with Crippen molar-refractivity contribution in [2.75, 3.05) is 25.5 Å². The average molecular weight is 250 g/mol. The zero-order chi connectivity index (χ0) is 13.1. The third kappa shape index (κ3) is 2.37. The first kappa shape index (κ1) is 12.6. The molecule has 0 spiro atoms. The second-order valence-electron chi connectivity index (χ2n) is 4.47. The van der Waals surface area contributed by atoms with Crippen molar-refractivity contribution < 1.29 is 4.79 Å². The molecule has 98 valence electrons. The number of hydrogen-bond donors (Lipinski definition) is 2. The summed E-state index contributed by atoms with van der Waals surface area (Å²) in [7, 11) is 1.76. The molecule has 1 aromatic heterocycles. The maximum atomic E-state index is 11.9. The number of anilines is 1. The van der Waals surface area contributed by atoms with Crippen molar-refractivity contribution in [2.24, 2.45) is 0 Å². The summed E-state index contributed by atoms with van der Waals surface area (Å²) in [6.07, 6.45) is 1.89. The lowest BCUT2D eigenvalue weighted by Gasteiger charge is -2.20. The number of H-pyrrole nitrogens is 1. The summed E-state index contributed by atoms with van der Waals surface area (Å²) in [5, 5.41) is 9.66. The van der Waals surface area contributed by atoms with Crippen molar-refractivity contribution in [3.8, 4) is 0 Å². The Kier molecular flexibility index (Phi) is 3.64. The van der Waals surface area contributed by atoms with Crippen LogP contribution in [-0.4, -0.2) is 41.1 Å². The minimum absolute atomic E-state index is 0.00613. The highest BCUT2D eigenvalue weighted by Crippen LogP contribution is 2.21. The summed E-state index contributed by atoms with van der Waals surface area (Å²) < 4.78 is 0. The van der Waals surface area contributed by atoms with E-state index >= 15 is 0 Å². The van der Waals surface area contributed by atoms with Crippen LogP contribution in [0.25, 0.3) is 0 Å². The molecule has 0 aromatic carbocycles. The monoisotopic (exact) mass is 250 g/mol. The molecular formula is C12H18N4O2. The maximum absolute atomic E-state index is 11.9. The van der Waals surface area contributed by atoms with E-state index in [9.17, 15) is 9.59 Å². The number of aromatic nitrogens is 2. The molecule has 6 heteroatoms. The lowest BCUT2D eigenvalue weighted by molar-refractivity contribution is -0.129. The number of likely N-dealkylation sites (N-methyl/N-ethyl adjacent to an activating group) is 1. The van der Waals surface area contributed by atoms with E-state index in [2.05, 4.69) is 15.5 Å². The van der Waals surface area contributed by atoms with Crippen LogP contribution in [0.5, 0.6) is 0 Å². The van der Waals surface area contributed by atoms with Gasteiger partial charge in [0.25, 0.3) is 5.56 Å². The van der Waals surface area contributed by atoms with Crippen LogP contribution in [0.1, 0.15) is 24.6 Å². The van der Waals surface area contributed by atoms with E-state index in [1.54, 1.807) is 11.9 Å². The number of amides is 1. The summed E-state index contributed by atoms with van der Waals surface area (Å²) in [5.74, 6) is 0.00613. The van der Waals surface area contributed by atoms with Gasteiger partial charge in [-0.2, -0.15) is 5.10 Å². The Morgan fingerprint density at radius 1 is 1.50 bits per heavy atom. The minimum atomic E-state index is -0.155. The maximum Gasteiger partial charge on any atom is 0.269 e. The van der Waals surface area contributed by atoms with E-state index in [0.29, 0.717) is 12.2 Å². The smallest absolute Gasteiger partial charge is 0.269 e. The zero-order valence-corrected chi connectivity index (χ0v) is 10.7. The molecule has 0 saturated carbocycles. The van der Waals surface area contributed by atoms with Gasteiger partial charge in [0.1, 0.15) is 0 Å². The van der Waals surface area contributed by atoms with Crippen LogP contribution in [0, 0.1) is 0 Å². The van der Waals surface area contributed by atoms with Gasteiger partial charge in [0.05, 0.1) is 17.8 Å². The van der Waals surface area contributed by atoms with Crippen molar-refractivity contribution >= 4 is 11.6 Å². The number of nitrogens with one attached hydrogen (secondary N) is 2. The topological polar surface area (TPSA) is 78.1 Å². The molecule has 0 aliphatic carbocycles. The van der Waals surface area contributed by atoms with Crippen LogP contribution in [0.4, 0.5) is 5.69 Å². The number of carbonyl (C=O) groups excluding carboxylic acids is 1. The third-order valence-corrected chi connectivity index (χ3v) is 3.28. The standard InChI is InChI=1S/C12H18N4O2/c1-3-16(2)10(17)7-9-11-8(5-4-6-13-11)12(18)15-14-9/h13H,3-7H2,1-2H3,(H,15,18). The lowest BCUT2D eigenvalue weighted by Crippen LogP contribution is -2.31. The first-order valence-electron chi connectivity index (χ1n) is 6.21. The molecule has 6 nitrogen and oxygen atoms in total. The van der Waals surface area contributed by atoms with Gasteiger partial charge in [-0.25, -0.2) is 5.10 Å². The van der Waals surface area contributed by atoms with Gasteiger partial charge >= 0.3 is 0 Å². The summed E-state index contributed by atoms with van der Waals surface area (Å²) in [6.45, 7) is 3.41. The first-order valence-corrected chi connectivity index (χ1v) is 6.21. The van der Waals surface area contributed by atoms with Crippen LogP contribution in [0.3, 0.4) is 0 Å². The number of nitrogens with zero attached hydrogens (tertiary/aromatic N) is 2. The van der Waals surface area contributed by atoms with E-state index in [4.69, 9.17) is 0 Å². The average Bonchev–Trinajstić information content (AvgIpc) is 2.41. The molecule has 1 aliphatic rings. The lowest BCUT2D eigenvalue weighted by atomic mass is 10.0. The molecule has 0 saturated heterocycles. The van der Waals surface area contributed by atoms with E-state index in [-0.39, 0.29) is 17.9 Å². The molecule has 1 aromatic rings. The van der Waals surface area contributed by atoms with Gasteiger partial charge in [-0.15, -0.1) is 0 Å².